The van der Waals surface area contributed by atoms with Crippen LogP contribution < -0.4 is 5.32 Å². The summed E-state index contributed by atoms with van der Waals surface area (Å²) in [6, 6.07) is 6.96. The van der Waals surface area contributed by atoms with Crippen molar-refractivity contribution in [2.45, 2.75) is 31.9 Å². The minimum Gasteiger partial charge on any atom is -0.508 e. The molecule has 21 heavy (non-hydrogen) atoms. The number of ether oxygens (including phenoxy) is 1. The van der Waals surface area contributed by atoms with Crippen molar-refractivity contribution in [2.75, 3.05) is 19.6 Å². The maximum Gasteiger partial charge on any atom is 0.410 e. The van der Waals surface area contributed by atoms with Gasteiger partial charge in [0.2, 0.25) is 0 Å². The van der Waals surface area contributed by atoms with E-state index < -0.39 is 0 Å². The number of phenols is 1. The van der Waals surface area contributed by atoms with E-state index in [-0.39, 0.29) is 17.4 Å². The molecule has 5 heteroatoms. The topological polar surface area (TPSA) is 61.8 Å². The number of phenolic OH excluding ortho intramolecular Hbond substituents is 1. The Morgan fingerprint density at radius 1 is 1.33 bits per heavy atom. The standard InChI is InChI=1S/C16H22N2O3/c1-16(13-6-8-17-9-7-13)11-18(15(20)21-16)10-12-2-4-14(19)5-3-12/h2-5,13,17,19H,6-11H2,1H3. The van der Waals surface area contributed by atoms with Gasteiger partial charge in [0.15, 0.2) is 0 Å². The SMILES string of the molecule is CC1(C2CCNCC2)CN(Cc2ccc(O)cc2)C(=O)O1. The lowest BCUT2D eigenvalue weighted by molar-refractivity contribution is 0.00943. The number of nitrogens with zero attached hydrogens (tertiary/aromatic N) is 1. The highest BCUT2D eigenvalue weighted by Crippen LogP contribution is 2.35. The Morgan fingerprint density at radius 2 is 2.00 bits per heavy atom. The van der Waals surface area contributed by atoms with Crippen molar-refractivity contribution in [3.05, 3.63) is 29.8 Å². The molecule has 1 unspecified atom stereocenters. The van der Waals surface area contributed by atoms with E-state index >= 15 is 0 Å². The van der Waals surface area contributed by atoms with E-state index in [4.69, 9.17) is 4.74 Å². The van der Waals surface area contributed by atoms with Gasteiger partial charge in [-0.3, -0.25) is 4.90 Å². The van der Waals surface area contributed by atoms with E-state index in [1.54, 1.807) is 17.0 Å². The molecule has 2 heterocycles. The largest absolute Gasteiger partial charge is 0.508 e. The number of hydrogen-bond acceptors (Lipinski definition) is 4. The van der Waals surface area contributed by atoms with E-state index in [0.29, 0.717) is 19.0 Å². The summed E-state index contributed by atoms with van der Waals surface area (Å²) in [4.78, 5) is 13.9. The van der Waals surface area contributed by atoms with Crippen LogP contribution in [0.3, 0.4) is 0 Å². The number of nitrogens with one attached hydrogen (secondary N) is 1. The zero-order valence-corrected chi connectivity index (χ0v) is 12.3. The molecule has 0 bridgehead atoms. The fourth-order valence-electron chi connectivity index (χ4n) is 3.33. The van der Waals surface area contributed by atoms with Crippen LogP contribution in [-0.2, 0) is 11.3 Å². The molecule has 0 radical (unpaired) electrons. The van der Waals surface area contributed by atoms with Crippen LogP contribution in [0.15, 0.2) is 24.3 Å². The Kier molecular flexibility index (Phi) is 3.76. The third-order valence-electron chi connectivity index (χ3n) is 4.60. The summed E-state index contributed by atoms with van der Waals surface area (Å²) in [5.74, 6) is 0.662. The highest BCUT2D eigenvalue weighted by molar-refractivity contribution is 5.70. The van der Waals surface area contributed by atoms with Gasteiger partial charge in [0, 0.05) is 12.5 Å². The average molecular weight is 290 g/mol. The van der Waals surface area contributed by atoms with E-state index in [0.717, 1.165) is 31.5 Å². The van der Waals surface area contributed by atoms with E-state index in [1.165, 1.54) is 0 Å². The molecular weight excluding hydrogens is 268 g/mol. The highest BCUT2D eigenvalue weighted by Gasteiger charge is 2.46. The van der Waals surface area contributed by atoms with Gasteiger partial charge < -0.3 is 15.2 Å². The zero-order chi connectivity index (χ0) is 14.9. The number of hydrogen-bond donors (Lipinski definition) is 2. The van der Waals surface area contributed by atoms with Crippen LogP contribution in [0.2, 0.25) is 0 Å². The molecule has 5 nitrogen and oxygen atoms in total. The lowest BCUT2D eigenvalue weighted by Crippen LogP contribution is -2.44. The molecule has 0 saturated carbocycles. The lowest BCUT2D eigenvalue weighted by atomic mass is 9.82. The second kappa shape index (κ2) is 5.56. The molecule has 2 fully saturated rings. The molecule has 2 N–H and O–H groups in total. The van der Waals surface area contributed by atoms with Crippen molar-refractivity contribution in [3.63, 3.8) is 0 Å². The van der Waals surface area contributed by atoms with E-state index in [1.807, 2.05) is 12.1 Å². The fourth-order valence-corrected chi connectivity index (χ4v) is 3.33. The van der Waals surface area contributed by atoms with Gasteiger partial charge in [-0.15, -0.1) is 0 Å². The number of benzene rings is 1. The Labute approximate surface area is 124 Å². The molecule has 1 atom stereocenters. The number of piperidine rings is 1. The van der Waals surface area contributed by atoms with Gasteiger partial charge in [-0.2, -0.15) is 0 Å². The monoisotopic (exact) mass is 290 g/mol. The second-order valence-electron chi connectivity index (χ2n) is 6.23. The van der Waals surface area contributed by atoms with Crippen molar-refractivity contribution in [1.29, 1.82) is 0 Å². The van der Waals surface area contributed by atoms with Crippen LogP contribution in [0, 0.1) is 5.92 Å². The Balaban J connectivity index is 1.67. The number of carbonyl (C=O) groups excluding carboxylic acids is 1. The molecule has 1 amide bonds. The van der Waals surface area contributed by atoms with Crippen molar-refractivity contribution in [2.24, 2.45) is 5.92 Å². The first-order valence-corrected chi connectivity index (χ1v) is 7.53. The van der Waals surface area contributed by atoms with Crippen LogP contribution in [-0.4, -0.2) is 41.3 Å². The first kappa shape index (κ1) is 14.2. The predicted octanol–water partition coefficient (Wildman–Crippen LogP) is 2.10. The fraction of sp³-hybridized carbons (Fsp3) is 0.562. The molecule has 1 aromatic carbocycles. The van der Waals surface area contributed by atoms with Crippen molar-refractivity contribution in [1.82, 2.24) is 10.2 Å². The molecule has 0 spiro atoms. The van der Waals surface area contributed by atoms with E-state index in [2.05, 4.69) is 12.2 Å². The summed E-state index contributed by atoms with van der Waals surface area (Å²) in [6.45, 7) is 5.21. The zero-order valence-electron chi connectivity index (χ0n) is 12.3. The molecular formula is C16H22N2O3. The molecule has 2 aliphatic heterocycles. The number of cyclic esters (lactones) is 1. The minimum atomic E-state index is -0.379. The van der Waals surface area contributed by atoms with Gasteiger partial charge in [-0.1, -0.05) is 12.1 Å². The van der Waals surface area contributed by atoms with Crippen LogP contribution in [0.5, 0.6) is 5.75 Å². The lowest BCUT2D eigenvalue weighted by Gasteiger charge is -2.34. The molecule has 2 aliphatic rings. The Bertz CT molecular complexity index is 511. The van der Waals surface area contributed by atoms with Crippen LogP contribution in [0.25, 0.3) is 0 Å². The average Bonchev–Trinajstić information content (AvgIpc) is 2.78. The first-order chi connectivity index (χ1) is 10.1. The molecule has 2 saturated heterocycles. The van der Waals surface area contributed by atoms with E-state index in [9.17, 15) is 9.90 Å². The third kappa shape index (κ3) is 2.97. The predicted molar refractivity (Wildman–Crippen MR) is 79.0 cm³/mol. The Morgan fingerprint density at radius 3 is 2.67 bits per heavy atom. The molecule has 3 rings (SSSR count). The first-order valence-electron chi connectivity index (χ1n) is 7.53. The van der Waals surface area contributed by atoms with Crippen molar-refractivity contribution < 1.29 is 14.6 Å². The number of aromatic hydroxyl groups is 1. The molecule has 0 aliphatic carbocycles. The highest BCUT2D eigenvalue weighted by atomic mass is 16.6. The van der Waals surface area contributed by atoms with Crippen molar-refractivity contribution in [3.8, 4) is 5.75 Å². The summed E-state index contributed by atoms with van der Waals surface area (Å²) >= 11 is 0. The normalized spacial score (nSPS) is 26.9. The maximum absolute atomic E-state index is 12.1. The Hall–Kier alpha value is -1.75. The van der Waals surface area contributed by atoms with Crippen LogP contribution in [0.1, 0.15) is 25.3 Å². The molecule has 114 valence electrons. The maximum atomic E-state index is 12.1. The van der Waals surface area contributed by atoms with Gasteiger partial charge in [-0.25, -0.2) is 4.79 Å². The van der Waals surface area contributed by atoms with Crippen molar-refractivity contribution >= 4 is 6.09 Å². The summed E-state index contributed by atoms with van der Waals surface area (Å²) in [5, 5.41) is 12.7. The minimum absolute atomic E-state index is 0.232. The third-order valence-corrected chi connectivity index (χ3v) is 4.60. The molecule has 1 aromatic rings. The van der Waals surface area contributed by atoms with Gasteiger partial charge in [0.1, 0.15) is 11.4 Å². The van der Waals surface area contributed by atoms with Gasteiger partial charge in [0.05, 0.1) is 6.54 Å². The van der Waals surface area contributed by atoms with Gasteiger partial charge in [0.25, 0.3) is 0 Å². The smallest absolute Gasteiger partial charge is 0.410 e. The number of amides is 1. The summed E-state index contributed by atoms with van der Waals surface area (Å²) < 4.78 is 5.71. The second-order valence-corrected chi connectivity index (χ2v) is 6.23. The van der Waals surface area contributed by atoms with Crippen LogP contribution in [0.4, 0.5) is 4.79 Å². The summed E-state index contributed by atoms with van der Waals surface area (Å²) in [7, 11) is 0. The molecule has 0 aromatic heterocycles. The van der Waals surface area contributed by atoms with Crippen LogP contribution >= 0.6 is 0 Å². The van der Waals surface area contributed by atoms with Gasteiger partial charge in [-0.05, 0) is 50.6 Å². The summed E-state index contributed by atoms with van der Waals surface area (Å²) in [6.07, 6.45) is 1.87. The number of carbonyl (C=O) groups is 1. The number of rotatable bonds is 3. The van der Waals surface area contributed by atoms with Gasteiger partial charge >= 0.3 is 6.09 Å². The summed E-state index contributed by atoms with van der Waals surface area (Å²) in [5.41, 5.74) is 0.620. The quantitative estimate of drug-likeness (QED) is 0.895.